The van der Waals surface area contributed by atoms with Crippen LogP contribution >= 0.6 is 0 Å². The van der Waals surface area contributed by atoms with E-state index in [4.69, 9.17) is 9.84 Å². The predicted molar refractivity (Wildman–Crippen MR) is 96.5 cm³/mol. The number of aliphatic hydroxyl groups is 1. The molecular weight excluding hydrogens is 352 g/mol. The third-order valence-corrected chi connectivity index (χ3v) is 4.46. The Balaban J connectivity index is 2.18. The van der Waals surface area contributed by atoms with Crippen molar-refractivity contribution in [1.82, 2.24) is 10.2 Å². The van der Waals surface area contributed by atoms with E-state index in [2.05, 4.69) is 5.32 Å². The second kappa shape index (κ2) is 9.82. The van der Waals surface area contributed by atoms with Crippen LogP contribution in [0.4, 0.5) is 0 Å². The molecule has 8 heteroatoms. The summed E-state index contributed by atoms with van der Waals surface area (Å²) in [6, 6.07) is 3.95. The number of amides is 3. The number of hydrogen-bond acceptors (Lipinski definition) is 6. The Morgan fingerprint density at radius 1 is 1.33 bits per heavy atom. The van der Waals surface area contributed by atoms with Gasteiger partial charge in [0, 0.05) is 25.6 Å². The van der Waals surface area contributed by atoms with Crippen LogP contribution in [0.2, 0.25) is 0 Å². The summed E-state index contributed by atoms with van der Waals surface area (Å²) >= 11 is 0. The van der Waals surface area contributed by atoms with Crippen LogP contribution in [0.3, 0.4) is 0 Å². The maximum atomic E-state index is 13.0. The fourth-order valence-electron chi connectivity index (χ4n) is 2.94. The standard InChI is InChI=1S/C19H24N2O6/c1-21(14-8-9-16(24)20-18(14)25)19(26)17-13(12-23)6-5-7-15(17)27-11-4-2-3-10-22/h5-7,12,14,22H,2-4,8-11H2,1H3,(H,20,24,25). The molecule has 1 fully saturated rings. The summed E-state index contributed by atoms with van der Waals surface area (Å²) in [4.78, 5) is 49.0. The molecule has 1 unspecified atom stereocenters. The number of nitrogens with one attached hydrogen (secondary N) is 1. The SMILES string of the molecule is CN(C(=O)c1c(C=O)cccc1OCCCCCO)C1CCC(=O)NC1=O. The number of nitrogens with zero attached hydrogens (tertiary/aromatic N) is 1. The van der Waals surface area contributed by atoms with Crippen LogP contribution in [0.1, 0.15) is 52.8 Å². The van der Waals surface area contributed by atoms with Crippen LogP contribution in [0, 0.1) is 0 Å². The van der Waals surface area contributed by atoms with Gasteiger partial charge in [-0.05, 0) is 31.7 Å². The van der Waals surface area contributed by atoms with E-state index in [-0.39, 0.29) is 42.2 Å². The Morgan fingerprint density at radius 2 is 2.11 bits per heavy atom. The van der Waals surface area contributed by atoms with E-state index in [1.807, 2.05) is 0 Å². The maximum absolute atomic E-state index is 13.0. The van der Waals surface area contributed by atoms with Gasteiger partial charge in [-0.15, -0.1) is 0 Å². The van der Waals surface area contributed by atoms with Gasteiger partial charge in [-0.25, -0.2) is 0 Å². The van der Waals surface area contributed by atoms with Crippen molar-refractivity contribution in [3.63, 3.8) is 0 Å². The minimum Gasteiger partial charge on any atom is -0.493 e. The Morgan fingerprint density at radius 3 is 2.78 bits per heavy atom. The summed E-state index contributed by atoms with van der Waals surface area (Å²) in [5.74, 6) is -1.14. The smallest absolute Gasteiger partial charge is 0.258 e. The van der Waals surface area contributed by atoms with E-state index in [9.17, 15) is 19.2 Å². The lowest BCUT2D eigenvalue weighted by molar-refractivity contribution is -0.136. The first-order valence-electron chi connectivity index (χ1n) is 8.92. The average molecular weight is 376 g/mol. The first-order valence-corrected chi connectivity index (χ1v) is 8.92. The van der Waals surface area contributed by atoms with Gasteiger partial charge in [0.1, 0.15) is 11.8 Å². The first kappa shape index (κ1) is 20.6. The number of unbranched alkanes of at least 4 members (excludes halogenated alkanes) is 2. The highest BCUT2D eigenvalue weighted by Crippen LogP contribution is 2.25. The molecule has 1 heterocycles. The van der Waals surface area contributed by atoms with Gasteiger partial charge >= 0.3 is 0 Å². The van der Waals surface area contributed by atoms with E-state index in [1.165, 1.54) is 18.0 Å². The van der Waals surface area contributed by atoms with Gasteiger partial charge in [-0.2, -0.15) is 0 Å². The molecule has 1 aliphatic heterocycles. The molecule has 2 rings (SSSR count). The summed E-state index contributed by atoms with van der Waals surface area (Å²) in [5.41, 5.74) is 0.272. The maximum Gasteiger partial charge on any atom is 0.258 e. The zero-order valence-corrected chi connectivity index (χ0v) is 15.3. The number of imide groups is 1. The quantitative estimate of drug-likeness (QED) is 0.376. The minimum atomic E-state index is -0.785. The second-order valence-corrected chi connectivity index (χ2v) is 6.35. The Hall–Kier alpha value is -2.74. The van der Waals surface area contributed by atoms with Crippen LogP contribution in [0.15, 0.2) is 18.2 Å². The number of ether oxygens (including phenoxy) is 1. The highest BCUT2D eigenvalue weighted by molar-refractivity contribution is 6.07. The van der Waals surface area contributed by atoms with Crippen LogP contribution in [0.5, 0.6) is 5.75 Å². The normalized spacial score (nSPS) is 16.6. The van der Waals surface area contributed by atoms with Gasteiger partial charge in [0.05, 0.1) is 12.2 Å². The van der Waals surface area contributed by atoms with E-state index >= 15 is 0 Å². The highest BCUT2D eigenvalue weighted by Gasteiger charge is 2.34. The number of aliphatic hydroxyl groups excluding tert-OH is 1. The fourth-order valence-corrected chi connectivity index (χ4v) is 2.94. The number of piperidine rings is 1. The van der Waals surface area contributed by atoms with E-state index in [0.29, 0.717) is 25.7 Å². The summed E-state index contributed by atoms with van der Waals surface area (Å²) in [7, 11) is 1.47. The Bertz CT molecular complexity index is 718. The number of carbonyl (C=O) groups excluding carboxylic acids is 4. The molecule has 0 radical (unpaired) electrons. The third-order valence-electron chi connectivity index (χ3n) is 4.46. The second-order valence-electron chi connectivity index (χ2n) is 6.35. The molecule has 0 saturated carbocycles. The molecule has 2 N–H and O–H groups in total. The zero-order valence-electron chi connectivity index (χ0n) is 15.3. The lowest BCUT2D eigenvalue weighted by Crippen LogP contribution is -2.53. The molecule has 1 aromatic carbocycles. The zero-order chi connectivity index (χ0) is 19.8. The number of benzene rings is 1. The van der Waals surface area contributed by atoms with Gasteiger partial charge in [0.25, 0.3) is 5.91 Å². The largest absolute Gasteiger partial charge is 0.493 e. The van der Waals surface area contributed by atoms with Crippen molar-refractivity contribution >= 4 is 24.0 Å². The van der Waals surface area contributed by atoms with E-state index in [0.717, 1.165) is 6.42 Å². The van der Waals surface area contributed by atoms with Crippen molar-refractivity contribution in [2.75, 3.05) is 20.3 Å². The van der Waals surface area contributed by atoms with Crippen LogP contribution in [-0.2, 0) is 9.59 Å². The number of likely N-dealkylation sites (N-methyl/N-ethyl adjacent to an activating group) is 1. The molecule has 0 aliphatic carbocycles. The molecule has 1 aromatic rings. The Labute approximate surface area is 157 Å². The molecule has 3 amide bonds. The van der Waals surface area contributed by atoms with Gasteiger partial charge in [0.2, 0.25) is 11.8 Å². The number of hydrogen-bond donors (Lipinski definition) is 2. The van der Waals surface area contributed by atoms with Crippen molar-refractivity contribution in [2.45, 2.75) is 38.1 Å². The monoisotopic (exact) mass is 376 g/mol. The van der Waals surface area contributed by atoms with Gasteiger partial charge in [0.15, 0.2) is 6.29 Å². The summed E-state index contributed by atoms with van der Waals surface area (Å²) in [6.07, 6.45) is 3.10. The minimum absolute atomic E-state index is 0.0989. The average Bonchev–Trinajstić information content (AvgIpc) is 2.66. The van der Waals surface area contributed by atoms with E-state index < -0.39 is 17.9 Å². The number of carbonyl (C=O) groups is 4. The molecular formula is C19H24N2O6. The Kier molecular flexibility index (Phi) is 7.48. The van der Waals surface area contributed by atoms with Crippen molar-refractivity contribution in [3.8, 4) is 5.75 Å². The van der Waals surface area contributed by atoms with Crippen molar-refractivity contribution in [1.29, 1.82) is 0 Å². The fraction of sp³-hybridized carbons (Fsp3) is 0.474. The summed E-state index contributed by atoms with van der Waals surface area (Å²) < 4.78 is 5.69. The highest BCUT2D eigenvalue weighted by atomic mass is 16.5. The number of aldehydes is 1. The van der Waals surface area contributed by atoms with Crippen LogP contribution in [-0.4, -0.2) is 60.3 Å². The summed E-state index contributed by atoms with van der Waals surface area (Å²) in [6.45, 7) is 0.450. The lowest BCUT2D eigenvalue weighted by atomic mass is 10.0. The molecule has 1 aliphatic rings. The van der Waals surface area contributed by atoms with Gasteiger partial charge < -0.3 is 14.7 Å². The molecule has 8 nitrogen and oxygen atoms in total. The van der Waals surface area contributed by atoms with Crippen molar-refractivity contribution < 1.29 is 29.0 Å². The topological polar surface area (TPSA) is 113 Å². The predicted octanol–water partition coefficient (Wildman–Crippen LogP) is 0.918. The molecule has 0 spiro atoms. The summed E-state index contributed by atoms with van der Waals surface area (Å²) in [5, 5.41) is 11.0. The molecule has 146 valence electrons. The third kappa shape index (κ3) is 5.13. The lowest BCUT2D eigenvalue weighted by Gasteiger charge is -2.30. The van der Waals surface area contributed by atoms with Gasteiger partial charge in [-0.1, -0.05) is 12.1 Å². The molecule has 27 heavy (non-hydrogen) atoms. The van der Waals surface area contributed by atoms with Crippen LogP contribution < -0.4 is 10.1 Å². The van der Waals surface area contributed by atoms with Crippen molar-refractivity contribution in [3.05, 3.63) is 29.3 Å². The first-order chi connectivity index (χ1) is 13.0. The molecule has 0 bridgehead atoms. The molecule has 1 atom stereocenters. The molecule has 1 saturated heterocycles. The van der Waals surface area contributed by atoms with Gasteiger partial charge in [-0.3, -0.25) is 24.5 Å². The molecule has 0 aromatic heterocycles. The van der Waals surface area contributed by atoms with Crippen molar-refractivity contribution in [2.24, 2.45) is 0 Å². The van der Waals surface area contributed by atoms with Crippen LogP contribution in [0.25, 0.3) is 0 Å². The number of rotatable bonds is 9. The van der Waals surface area contributed by atoms with E-state index in [1.54, 1.807) is 12.1 Å².